The van der Waals surface area contributed by atoms with Gasteiger partial charge in [-0.3, -0.25) is 0 Å². The largest absolute Gasteiger partial charge is 0.394 e. The lowest BCUT2D eigenvalue weighted by atomic mass is 9.68. The van der Waals surface area contributed by atoms with Crippen LogP contribution in [0.5, 0.6) is 0 Å². The van der Waals surface area contributed by atoms with Crippen LogP contribution in [-0.2, 0) is 11.8 Å². The Bertz CT molecular complexity index is 639. The molecule has 24 heavy (non-hydrogen) atoms. The van der Waals surface area contributed by atoms with Crippen LogP contribution in [-0.4, -0.2) is 7.05 Å². The number of benzene rings is 2. The van der Waals surface area contributed by atoms with E-state index in [1.165, 1.54) is 16.7 Å². The fourth-order valence-electron chi connectivity index (χ4n) is 3.24. The standard InChI is InChI=1S/C23H31N/c1-18(2)21-13-11-20(12-14-21)17-23(4,19(3)15-16-24-5)22-9-7-6-8-10-22/h6-16,18-19,24H,17H2,1-5H3/b16-15+. The van der Waals surface area contributed by atoms with Crippen LogP contribution in [0.15, 0.2) is 66.9 Å². The van der Waals surface area contributed by atoms with Crippen LogP contribution >= 0.6 is 0 Å². The lowest BCUT2D eigenvalue weighted by Gasteiger charge is -2.35. The van der Waals surface area contributed by atoms with Gasteiger partial charge in [0, 0.05) is 12.5 Å². The second-order valence-electron chi connectivity index (χ2n) is 7.29. The van der Waals surface area contributed by atoms with Gasteiger partial charge in [-0.05, 0) is 41.1 Å². The van der Waals surface area contributed by atoms with Crippen molar-refractivity contribution >= 4 is 0 Å². The van der Waals surface area contributed by atoms with Crippen molar-refractivity contribution in [3.8, 4) is 0 Å². The lowest BCUT2D eigenvalue weighted by molar-refractivity contribution is 0.366. The molecule has 1 nitrogen and oxygen atoms in total. The Labute approximate surface area is 147 Å². The summed E-state index contributed by atoms with van der Waals surface area (Å²) < 4.78 is 0. The molecule has 2 aromatic carbocycles. The first-order chi connectivity index (χ1) is 11.5. The Morgan fingerprint density at radius 2 is 1.58 bits per heavy atom. The van der Waals surface area contributed by atoms with Crippen molar-refractivity contribution in [1.29, 1.82) is 0 Å². The molecule has 0 fully saturated rings. The lowest BCUT2D eigenvalue weighted by Crippen LogP contribution is -2.32. The maximum Gasteiger partial charge on any atom is 0.00276 e. The first-order valence-electron chi connectivity index (χ1n) is 8.95. The van der Waals surface area contributed by atoms with E-state index >= 15 is 0 Å². The molecule has 1 heteroatoms. The second kappa shape index (κ2) is 8.19. The van der Waals surface area contributed by atoms with Gasteiger partial charge in [-0.25, -0.2) is 0 Å². The van der Waals surface area contributed by atoms with Gasteiger partial charge >= 0.3 is 0 Å². The number of nitrogens with one attached hydrogen (secondary N) is 1. The molecule has 2 aromatic rings. The van der Waals surface area contributed by atoms with Crippen LogP contribution in [0.4, 0.5) is 0 Å². The summed E-state index contributed by atoms with van der Waals surface area (Å²) in [7, 11) is 1.95. The van der Waals surface area contributed by atoms with Crippen molar-refractivity contribution in [3.63, 3.8) is 0 Å². The summed E-state index contributed by atoms with van der Waals surface area (Å²) in [6.07, 6.45) is 5.35. The molecular formula is C23H31N. The predicted octanol–water partition coefficient (Wildman–Crippen LogP) is 5.68. The van der Waals surface area contributed by atoms with Gasteiger partial charge in [0.05, 0.1) is 0 Å². The smallest absolute Gasteiger partial charge is 0.00276 e. The second-order valence-corrected chi connectivity index (χ2v) is 7.29. The number of hydrogen-bond donors (Lipinski definition) is 1. The zero-order chi connectivity index (χ0) is 17.6. The summed E-state index contributed by atoms with van der Waals surface area (Å²) in [6.45, 7) is 9.17. The fourth-order valence-corrected chi connectivity index (χ4v) is 3.24. The van der Waals surface area contributed by atoms with Gasteiger partial charge in [-0.15, -0.1) is 0 Å². The minimum atomic E-state index is 0.0634. The summed E-state index contributed by atoms with van der Waals surface area (Å²) in [6, 6.07) is 20.0. The maximum absolute atomic E-state index is 3.13. The molecule has 0 bridgehead atoms. The molecule has 0 heterocycles. The van der Waals surface area contributed by atoms with E-state index in [4.69, 9.17) is 0 Å². The Morgan fingerprint density at radius 3 is 2.12 bits per heavy atom. The van der Waals surface area contributed by atoms with Crippen LogP contribution in [0.25, 0.3) is 0 Å². The van der Waals surface area contributed by atoms with Gasteiger partial charge in [0.2, 0.25) is 0 Å². The highest BCUT2D eigenvalue weighted by Gasteiger charge is 2.31. The summed E-state index contributed by atoms with van der Waals surface area (Å²) in [5.41, 5.74) is 4.26. The van der Waals surface area contributed by atoms with Crippen molar-refractivity contribution in [2.24, 2.45) is 5.92 Å². The summed E-state index contributed by atoms with van der Waals surface area (Å²) in [4.78, 5) is 0. The third-order valence-corrected chi connectivity index (χ3v) is 5.21. The zero-order valence-electron chi connectivity index (χ0n) is 15.7. The molecule has 0 spiro atoms. The molecule has 0 saturated heterocycles. The SMILES string of the molecule is CN/C=C/C(C)C(C)(Cc1ccc(C(C)C)cc1)c1ccccc1. The Hall–Kier alpha value is -2.02. The first-order valence-corrected chi connectivity index (χ1v) is 8.95. The zero-order valence-corrected chi connectivity index (χ0v) is 15.7. The van der Waals surface area contributed by atoms with Crippen molar-refractivity contribution < 1.29 is 0 Å². The highest BCUT2D eigenvalue weighted by atomic mass is 14.8. The van der Waals surface area contributed by atoms with Crippen molar-refractivity contribution in [1.82, 2.24) is 5.32 Å². The van der Waals surface area contributed by atoms with Crippen LogP contribution in [0.1, 0.15) is 50.3 Å². The maximum atomic E-state index is 3.13. The molecule has 0 aliphatic carbocycles. The third-order valence-electron chi connectivity index (χ3n) is 5.21. The predicted molar refractivity (Wildman–Crippen MR) is 105 cm³/mol. The Balaban J connectivity index is 2.34. The minimum Gasteiger partial charge on any atom is -0.394 e. The molecule has 2 atom stereocenters. The van der Waals surface area contributed by atoms with E-state index in [1.807, 2.05) is 13.2 Å². The topological polar surface area (TPSA) is 12.0 Å². The number of rotatable bonds is 7. The van der Waals surface area contributed by atoms with E-state index in [1.54, 1.807) is 0 Å². The van der Waals surface area contributed by atoms with Gasteiger partial charge in [-0.2, -0.15) is 0 Å². The highest BCUT2D eigenvalue weighted by Crippen LogP contribution is 2.36. The molecule has 0 saturated carbocycles. The third kappa shape index (κ3) is 4.29. The molecule has 2 unspecified atom stereocenters. The van der Waals surface area contributed by atoms with E-state index in [2.05, 4.69) is 93.7 Å². The fraction of sp³-hybridized carbons (Fsp3) is 0.391. The number of allylic oxidation sites excluding steroid dienone is 1. The van der Waals surface area contributed by atoms with Crippen molar-refractivity contribution in [3.05, 3.63) is 83.6 Å². The highest BCUT2D eigenvalue weighted by molar-refractivity contribution is 5.32. The molecule has 2 rings (SSSR count). The molecule has 1 N–H and O–H groups in total. The molecule has 0 aromatic heterocycles. The average Bonchev–Trinajstić information content (AvgIpc) is 2.60. The van der Waals surface area contributed by atoms with Gasteiger partial charge in [0.1, 0.15) is 0 Å². The van der Waals surface area contributed by atoms with Gasteiger partial charge in [-0.1, -0.05) is 88.4 Å². The monoisotopic (exact) mass is 321 g/mol. The molecule has 128 valence electrons. The minimum absolute atomic E-state index is 0.0634. The van der Waals surface area contributed by atoms with E-state index in [-0.39, 0.29) is 5.41 Å². The normalized spacial score (nSPS) is 15.4. The Kier molecular flexibility index (Phi) is 6.25. The van der Waals surface area contributed by atoms with Crippen LogP contribution in [0.3, 0.4) is 0 Å². The first kappa shape index (κ1) is 18.3. The Morgan fingerprint density at radius 1 is 0.958 bits per heavy atom. The molecule has 0 radical (unpaired) electrons. The summed E-state index contributed by atoms with van der Waals surface area (Å²) in [5.74, 6) is 1.01. The molecule has 0 amide bonds. The van der Waals surface area contributed by atoms with E-state index in [0.29, 0.717) is 11.8 Å². The van der Waals surface area contributed by atoms with Crippen LogP contribution in [0.2, 0.25) is 0 Å². The van der Waals surface area contributed by atoms with Gasteiger partial charge < -0.3 is 5.32 Å². The van der Waals surface area contributed by atoms with Crippen molar-refractivity contribution in [2.45, 2.75) is 45.4 Å². The summed E-state index contributed by atoms with van der Waals surface area (Å²) in [5, 5.41) is 3.13. The van der Waals surface area contributed by atoms with E-state index in [9.17, 15) is 0 Å². The molecular weight excluding hydrogens is 290 g/mol. The van der Waals surface area contributed by atoms with Gasteiger partial charge in [0.15, 0.2) is 0 Å². The van der Waals surface area contributed by atoms with Crippen molar-refractivity contribution in [2.75, 3.05) is 7.05 Å². The molecule has 0 aliphatic rings. The molecule has 0 aliphatic heterocycles. The average molecular weight is 322 g/mol. The summed E-state index contributed by atoms with van der Waals surface area (Å²) >= 11 is 0. The van der Waals surface area contributed by atoms with Crippen LogP contribution < -0.4 is 5.32 Å². The quantitative estimate of drug-likeness (QED) is 0.692. The van der Waals surface area contributed by atoms with Gasteiger partial charge in [0.25, 0.3) is 0 Å². The number of hydrogen-bond acceptors (Lipinski definition) is 1. The van der Waals surface area contributed by atoms with E-state index < -0.39 is 0 Å². The van der Waals surface area contributed by atoms with E-state index in [0.717, 1.165) is 6.42 Å². The van der Waals surface area contributed by atoms with Crippen LogP contribution in [0, 0.1) is 5.92 Å².